The Labute approximate surface area is 97.4 Å². The highest BCUT2D eigenvalue weighted by Crippen LogP contribution is 2.33. The summed E-state index contributed by atoms with van der Waals surface area (Å²) in [6, 6.07) is 6.38. The molecule has 2 N–H and O–H groups in total. The van der Waals surface area contributed by atoms with Crippen LogP contribution in [-0.2, 0) is 4.79 Å². The maximum absolute atomic E-state index is 10.8. The van der Waals surface area contributed by atoms with Crippen molar-refractivity contribution in [3.05, 3.63) is 34.4 Å². The number of carboxylic acid groups (broad SMARTS) is 1. The topological polar surface area (TPSA) is 92.5 Å². The van der Waals surface area contributed by atoms with Crippen molar-refractivity contribution in [3.63, 3.8) is 0 Å². The van der Waals surface area contributed by atoms with E-state index >= 15 is 0 Å². The fourth-order valence-corrected chi connectivity index (χ4v) is 1.91. The van der Waals surface area contributed by atoms with Crippen molar-refractivity contribution >= 4 is 17.3 Å². The third kappa shape index (κ3) is 2.35. The highest BCUT2D eigenvalue weighted by Gasteiger charge is 2.35. The molecule has 0 bridgehead atoms. The quantitative estimate of drug-likeness (QED) is 0.615. The Bertz CT molecular complexity index is 455. The Kier molecular flexibility index (Phi) is 2.95. The van der Waals surface area contributed by atoms with Gasteiger partial charge in [0.2, 0.25) is 0 Å². The minimum atomic E-state index is -0.800. The van der Waals surface area contributed by atoms with Gasteiger partial charge in [-0.3, -0.25) is 14.9 Å². The van der Waals surface area contributed by atoms with Crippen molar-refractivity contribution in [2.75, 3.05) is 5.32 Å². The van der Waals surface area contributed by atoms with Crippen molar-refractivity contribution in [3.8, 4) is 0 Å². The van der Waals surface area contributed by atoms with Gasteiger partial charge in [-0.1, -0.05) is 12.1 Å². The van der Waals surface area contributed by atoms with E-state index in [1.165, 1.54) is 6.07 Å². The second-order valence-electron chi connectivity index (χ2n) is 4.12. The van der Waals surface area contributed by atoms with Gasteiger partial charge in [-0.15, -0.1) is 0 Å². The average molecular weight is 236 g/mol. The Morgan fingerprint density at radius 2 is 2.06 bits per heavy atom. The molecule has 0 amide bonds. The smallest absolute Gasteiger partial charge is 0.306 e. The van der Waals surface area contributed by atoms with Crippen LogP contribution in [0.4, 0.5) is 11.4 Å². The first-order valence-corrected chi connectivity index (χ1v) is 5.30. The molecule has 1 aromatic rings. The number of nitro groups is 1. The molecule has 0 radical (unpaired) electrons. The van der Waals surface area contributed by atoms with Crippen LogP contribution in [-0.4, -0.2) is 22.0 Å². The SMILES string of the molecule is O=C(O)C1CC(Nc2ccccc2[N+](=O)[O-])C1. The first-order chi connectivity index (χ1) is 8.08. The maximum atomic E-state index is 10.8. The van der Waals surface area contributed by atoms with Crippen LogP contribution in [0.5, 0.6) is 0 Å². The van der Waals surface area contributed by atoms with Gasteiger partial charge < -0.3 is 10.4 Å². The van der Waals surface area contributed by atoms with E-state index in [9.17, 15) is 14.9 Å². The number of nitrogens with one attached hydrogen (secondary N) is 1. The van der Waals surface area contributed by atoms with Crippen molar-refractivity contribution in [2.45, 2.75) is 18.9 Å². The lowest BCUT2D eigenvalue weighted by Crippen LogP contribution is -2.39. The van der Waals surface area contributed by atoms with E-state index in [1.807, 2.05) is 0 Å². The van der Waals surface area contributed by atoms with Gasteiger partial charge in [-0.25, -0.2) is 0 Å². The molecule has 0 spiro atoms. The summed E-state index contributed by atoms with van der Waals surface area (Å²) < 4.78 is 0. The first-order valence-electron chi connectivity index (χ1n) is 5.30. The Balaban J connectivity index is 2.01. The van der Waals surface area contributed by atoms with E-state index in [2.05, 4.69) is 5.32 Å². The molecule has 1 fully saturated rings. The zero-order valence-electron chi connectivity index (χ0n) is 9.00. The summed E-state index contributed by atoms with van der Waals surface area (Å²) in [7, 11) is 0. The van der Waals surface area contributed by atoms with Gasteiger partial charge in [0, 0.05) is 12.1 Å². The summed E-state index contributed by atoms with van der Waals surface area (Å²) >= 11 is 0. The second-order valence-corrected chi connectivity index (χ2v) is 4.12. The molecule has 90 valence electrons. The second kappa shape index (κ2) is 4.40. The van der Waals surface area contributed by atoms with Gasteiger partial charge in [-0.05, 0) is 18.9 Å². The summed E-state index contributed by atoms with van der Waals surface area (Å²) in [4.78, 5) is 20.9. The van der Waals surface area contributed by atoms with Gasteiger partial charge in [-0.2, -0.15) is 0 Å². The lowest BCUT2D eigenvalue weighted by molar-refractivity contribution is -0.384. The lowest BCUT2D eigenvalue weighted by atomic mass is 9.80. The first kappa shape index (κ1) is 11.4. The van der Waals surface area contributed by atoms with Crippen LogP contribution in [0.1, 0.15) is 12.8 Å². The lowest BCUT2D eigenvalue weighted by Gasteiger charge is -2.33. The van der Waals surface area contributed by atoms with Gasteiger partial charge in [0.15, 0.2) is 0 Å². The number of para-hydroxylation sites is 2. The van der Waals surface area contributed by atoms with E-state index in [0.717, 1.165) is 0 Å². The molecule has 0 atom stereocenters. The van der Waals surface area contributed by atoms with Crippen molar-refractivity contribution < 1.29 is 14.8 Å². The maximum Gasteiger partial charge on any atom is 0.306 e. The fraction of sp³-hybridized carbons (Fsp3) is 0.364. The van der Waals surface area contributed by atoms with Crippen LogP contribution in [0.25, 0.3) is 0 Å². The molecule has 17 heavy (non-hydrogen) atoms. The minimum absolute atomic E-state index is 0.0113. The predicted molar refractivity (Wildman–Crippen MR) is 60.9 cm³/mol. The number of benzene rings is 1. The molecule has 0 aliphatic heterocycles. The largest absolute Gasteiger partial charge is 0.481 e. The molecule has 1 saturated carbocycles. The van der Waals surface area contributed by atoms with Gasteiger partial charge >= 0.3 is 5.97 Å². The number of aliphatic carboxylic acids is 1. The number of nitrogens with zero attached hydrogens (tertiary/aromatic N) is 1. The van der Waals surface area contributed by atoms with E-state index in [1.54, 1.807) is 18.2 Å². The van der Waals surface area contributed by atoms with Crippen LogP contribution in [0, 0.1) is 16.0 Å². The van der Waals surface area contributed by atoms with Crippen LogP contribution >= 0.6 is 0 Å². The third-order valence-electron chi connectivity index (χ3n) is 2.95. The average Bonchev–Trinajstić information content (AvgIpc) is 2.22. The van der Waals surface area contributed by atoms with Gasteiger partial charge in [0.1, 0.15) is 5.69 Å². The van der Waals surface area contributed by atoms with Gasteiger partial charge in [0.05, 0.1) is 10.8 Å². The van der Waals surface area contributed by atoms with Crippen LogP contribution in [0.3, 0.4) is 0 Å². The van der Waals surface area contributed by atoms with Crippen LogP contribution in [0.15, 0.2) is 24.3 Å². The van der Waals surface area contributed by atoms with Crippen molar-refractivity contribution in [1.82, 2.24) is 0 Å². The summed E-state index contributed by atoms with van der Waals surface area (Å²) in [6.45, 7) is 0. The Morgan fingerprint density at radius 1 is 1.41 bits per heavy atom. The minimum Gasteiger partial charge on any atom is -0.481 e. The fourth-order valence-electron chi connectivity index (χ4n) is 1.91. The normalized spacial score (nSPS) is 22.6. The molecule has 1 aliphatic carbocycles. The molecular weight excluding hydrogens is 224 g/mol. The predicted octanol–water partition coefficient (Wildman–Crippen LogP) is 1.87. The number of carboxylic acids is 1. The summed E-state index contributed by atoms with van der Waals surface area (Å²) in [5, 5.41) is 22.5. The Morgan fingerprint density at radius 3 is 2.65 bits per heavy atom. The van der Waals surface area contributed by atoms with E-state index in [0.29, 0.717) is 18.5 Å². The number of rotatable bonds is 4. The molecule has 1 aliphatic rings. The monoisotopic (exact) mass is 236 g/mol. The van der Waals surface area contributed by atoms with Crippen molar-refractivity contribution in [2.24, 2.45) is 5.92 Å². The molecule has 0 saturated heterocycles. The molecule has 1 aromatic carbocycles. The zero-order chi connectivity index (χ0) is 12.4. The standard InChI is InChI=1S/C11H12N2O4/c14-11(15)7-5-8(6-7)12-9-3-1-2-4-10(9)13(16)17/h1-4,7-8,12H,5-6H2,(H,14,15). The number of carbonyl (C=O) groups is 1. The number of nitro benzene ring substituents is 1. The molecule has 0 aromatic heterocycles. The summed E-state index contributed by atoms with van der Waals surface area (Å²) in [5.41, 5.74) is 0.470. The number of hydrogen-bond acceptors (Lipinski definition) is 4. The van der Waals surface area contributed by atoms with Crippen molar-refractivity contribution in [1.29, 1.82) is 0 Å². The molecule has 6 nitrogen and oxygen atoms in total. The highest BCUT2D eigenvalue weighted by molar-refractivity contribution is 5.72. The molecule has 0 heterocycles. The van der Waals surface area contributed by atoms with E-state index in [4.69, 9.17) is 5.11 Å². The molecule has 0 unspecified atom stereocenters. The van der Waals surface area contributed by atoms with Crippen LogP contribution in [0.2, 0.25) is 0 Å². The number of hydrogen-bond donors (Lipinski definition) is 2. The third-order valence-corrected chi connectivity index (χ3v) is 2.95. The van der Waals surface area contributed by atoms with E-state index in [-0.39, 0.29) is 17.6 Å². The number of anilines is 1. The summed E-state index contributed by atoms with van der Waals surface area (Å²) in [6.07, 6.45) is 1.03. The van der Waals surface area contributed by atoms with E-state index < -0.39 is 10.9 Å². The zero-order valence-corrected chi connectivity index (χ0v) is 9.00. The Hall–Kier alpha value is -2.11. The van der Waals surface area contributed by atoms with Crippen LogP contribution < -0.4 is 5.32 Å². The highest BCUT2D eigenvalue weighted by atomic mass is 16.6. The van der Waals surface area contributed by atoms with Gasteiger partial charge in [0.25, 0.3) is 5.69 Å². The molecule has 2 rings (SSSR count). The molecular formula is C11H12N2O4. The summed E-state index contributed by atoms with van der Waals surface area (Å²) in [5.74, 6) is -1.12. The molecule has 6 heteroatoms.